The smallest absolute Gasteiger partial charge is 0.313 e. The predicted octanol–water partition coefficient (Wildman–Crippen LogP) is 2.79. The molecule has 166 valence electrons. The van der Waals surface area contributed by atoms with Crippen LogP contribution in [0.4, 0.5) is 0 Å². The van der Waals surface area contributed by atoms with Crippen LogP contribution >= 0.6 is 0 Å². The largest absolute Gasteiger partial charge is 0.462 e. The van der Waals surface area contributed by atoms with Gasteiger partial charge in [0.15, 0.2) is 0 Å². The Kier molecular flexibility index (Phi) is 3.91. The minimum Gasteiger partial charge on any atom is -0.462 e. The second-order valence-electron chi connectivity index (χ2n) is 11.3. The summed E-state index contributed by atoms with van der Waals surface area (Å²) >= 11 is 0. The van der Waals surface area contributed by atoms with E-state index in [0.29, 0.717) is 12.0 Å². The third kappa shape index (κ3) is 2.00. The fourth-order valence-electron chi connectivity index (χ4n) is 9.96. The quantitative estimate of drug-likeness (QED) is 0.658. The van der Waals surface area contributed by atoms with Crippen LogP contribution in [0, 0.1) is 34.5 Å². The second-order valence-corrected chi connectivity index (χ2v) is 11.3. The van der Waals surface area contributed by atoms with Crippen LogP contribution in [-0.2, 0) is 23.8 Å². The lowest BCUT2D eigenvalue weighted by Crippen LogP contribution is -2.76. The Hall–Kier alpha value is -1.14. The molecule has 7 aliphatic rings. The Morgan fingerprint density at radius 1 is 1.23 bits per heavy atom. The van der Waals surface area contributed by atoms with Crippen LogP contribution in [0.5, 0.6) is 0 Å². The monoisotopic (exact) mass is 417 g/mol. The number of hydrogen-bond donors (Lipinski definition) is 0. The highest BCUT2D eigenvalue weighted by Gasteiger charge is 2.82. The van der Waals surface area contributed by atoms with E-state index in [2.05, 4.69) is 18.7 Å². The standard InChI is InChI=1S/C24H35NO5/c1-5-25-12-22(3)8-7-18(28-4)24-15-10-14-6-9-23(30-13(2)26,19(15)21(27)29-14)16(20(24)25)11-17(22)24/h14-20H,5-12H2,1-4H3. The molecule has 10 unspecified atom stereocenters. The molecule has 0 N–H and O–H groups in total. The maximum Gasteiger partial charge on any atom is 0.313 e. The molecule has 7 rings (SSSR count). The summed E-state index contributed by atoms with van der Waals surface area (Å²) in [6.07, 6.45) is 5.83. The van der Waals surface area contributed by atoms with Crippen molar-refractivity contribution in [2.75, 3.05) is 20.2 Å². The van der Waals surface area contributed by atoms with Crippen molar-refractivity contribution in [3.8, 4) is 0 Å². The van der Waals surface area contributed by atoms with Gasteiger partial charge in [-0.25, -0.2) is 0 Å². The van der Waals surface area contributed by atoms with Crippen molar-refractivity contribution in [1.29, 1.82) is 0 Å². The average Bonchev–Trinajstić information content (AvgIpc) is 2.75. The van der Waals surface area contributed by atoms with Gasteiger partial charge in [-0.15, -0.1) is 0 Å². The van der Waals surface area contributed by atoms with Crippen molar-refractivity contribution in [1.82, 2.24) is 4.90 Å². The summed E-state index contributed by atoms with van der Waals surface area (Å²) in [7, 11) is 1.86. The molecule has 3 heterocycles. The first kappa shape index (κ1) is 19.5. The summed E-state index contributed by atoms with van der Waals surface area (Å²) in [6.45, 7) is 8.33. The Morgan fingerprint density at radius 2 is 2.03 bits per heavy atom. The van der Waals surface area contributed by atoms with Crippen molar-refractivity contribution in [2.45, 2.75) is 83.1 Å². The Labute approximate surface area is 179 Å². The van der Waals surface area contributed by atoms with Crippen molar-refractivity contribution in [3.63, 3.8) is 0 Å². The van der Waals surface area contributed by atoms with E-state index in [0.717, 1.165) is 45.2 Å². The number of carbonyl (C=O) groups is 2. The lowest BCUT2D eigenvalue weighted by atomic mass is 9.42. The van der Waals surface area contributed by atoms with Gasteiger partial charge in [-0.05, 0) is 62.3 Å². The molecule has 0 aromatic rings. The number of rotatable bonds is 3. The van der Waals surface area contributed by atoms with Gasteiger partial charge in [0.25, 0.3) is 0 Å². The van der Waals surface area contributed by atoms with E-state index in [1.807, 2.05) is 7.11 Å². The first-order chi connectivity index (χ1) is 14.3. The zero-order valence-corrected chi connectivity index (χ0v) is 18.7. The number of ether oxygens (including phenoxy) is 3. The molecule has 3 aliphatic heterocycles. The van der Waals surface area contributed by atoms with Crippen molar-refractivity contribution < 1.29 is 23.8 Å². The van der Waals surface area contributed by atoms with Gasteiger partial charge in [0.05, 0.1) is 6.10 Å². The van der Waals surface area contributed by atoms with Crippen LogP contribution in [-0.4, -0.2) is 60.9 Å². The zero-order valence-electron chi connectivity index (χ0n) is 18.7. The highest BCUT2D eigenvalue weighted by molar-refractivity contribution is 5.78. The maximum atomic E-state index is 13.4. The minimum atomic E-state index is -0.719. The summed E-state index contributed by atoms with van der Waals surface area (Å²) in [5, 5.41) is 0. The molecular weight excluding hydrogens is 382 g/mol. The highest BCUT2D eigenvalue weighted by atomic mass is 16.6. The van der Waals surface area contributed by atoms with Gasteiger partial charge < -0.3 is 14.2 Å². The molecule has 4 aliphatic carbocycles. The van der Waals surface area contributed by atoms with Crippen molar-refractivity contribution in [3.05, 3.63) is 0 Å². The summed E-state index contributed by atoms with van der Waals surface area (Å²) in [4.78, 5) is 28.5. The Bertz CT molecular complexity index is 800. The number of carbonyl (C=O) groups excluding carboxylic acids is 2. The van der Waals surface area contributed by atoms with Crippen LogP contribution in [0.25, 0.3) is 0 Å². The molecule has 1 spiro atoms. The SMILES string of the molecule is CCN1CC2(C)CCC(OC)C34C5CC6CCC(OC(C)=O)(C(CC23)C14)C5C(=O)O6. The summed E-state index contributed by atoms with van der Waals surface area (Å²) in [5.41, 5.74) is -0.538. The number of piperidine rings is 1. The third-order valence-electron chi connectivity index (χ3n) is 10.5. The van der Waals surface area contributed by atoms with Crippen molar-refractivity contribution >= 4 is 11.9 Å². The van der Waals surface area contributed by atoms with Crippen LogP contribution in [0.1, 0.15) is 59.3 Å². The number of hydrogen-bond acceptors (Lipinski definition) is 6. The molecule has 0 radical (unpaired) electrons. The van der Waals surface area contributed by atoms with E-state index in [1.165, 1.54) is 13.3 Å². The maximum absolute atomic E-state index is 13.4. The molecule has 10 atom stereocenters. The van der Waals surface area contributed by atoms with Gasteiger partial charge in [-0.2, -0.15) is 0 Å². The molecule has 7 fully saturated rings. The summed E-state index contributed by atoms with van der Waals surface area (Å²) in [5.74, 6) is 0.126. The number of methoxy groups -OCH3 is 1. The Morgan fingerprint density at radius 3 is 2.73 bits per heavy atom. The van der Waals surface area contributed by atoms with Crippen LogP contribution < -0.4 is 0 Å². The lowest BCUT2D eigenvalue weighted by Gasteiger charge is -2.69. The van der Waals surface area contributed by atoms with E-state index >= 15 is 0 Å². The molecule has 6 heteroatoms. The van der Waals surface area contributed by atoms with Crippen LogP contribution in [0.3, 0.4) is 0 Å². The van der Waals surface area contributed by atoms with Crippen molar-refractivity contribution in [2.24, 2.45) is 34.5 Å². The van der Waals surface area contributed by atoms with Crippen LogP contribution in [0.2, 0.25) is 0 Å². The average molecular weight is 418 g/mol. The molecule has 30 heavy (non-hydrogen) atoms. The number of esters is 2. The molecule has 0 aromatic heterocycles. The molecule has 4 saturated carbocycles. The molecule has 0 amide bonds. The molecular formula is C24H35NO5. The number of likely N-dealkylation sites (tertiary alicyclic amines) is 1. The first-order valence-electron chi connectivity index (χ1n) is 12.0. The minimum absolute atomic E-state index is 0.0446. The van der Waals surface area contributed by atoms with Gasteiger partial charge in [0.2, 0.25) is 0 Å². The number of fused-ring (bicyclic) bond motifs is 2. The molecule has 9 bridgehead atoms. The Balaban J connectivity index is 1.63. The van der Waals surface area contributed by atoms with Crippen LogP contribution in [0.15, 0.2) is 0 Å². The summed E-state index contributed by atoms with van der Waals surface area (Å²) < 4.78 is 18.5. The van der Waals surface area contributed by atoms with E-state index in [-0.39, 0.29) is 52.7 Å². The van der Waals surface area contributed by atoms with E-state index < -0.39 is 5.60 Å². The normalized spacial score (nSPS) is 55.7. The second kappa shape index (κ2) is 6.00. The van der Waals surface area contributed by atoms with E-state index in [9.17, 15) is 9.59 Å². The van der Waals surface area contributed by atoms with Gasteiger partial charge in [-0.1, -0.05) is 13.8 Å². The number of nitrogens with zero attached hydrogens (tertiary/aromatic N) is 1. The first-order valence-corrected chi connectivity index (χ1v) is 12.0. The summed E-state index contributed by atoms with van der Waals surface area (Å²) in [6, 6.07) is 0.316. The molecule has 6 nitrogen and oxygen atoms in total. The fourth-order valence-corrected chi connectivity index (χ4v) is 9.96. The van der Waals surface area contributed by atoms with Gasteiger partial charge in [0.1, 0.15) is 17.6 Å². The van der Waals surface area contributed by atoms with Gasteiger partial charge in [-0.3, -0.25) is 14.5 Å². The fraction of sp³-hybridized carbons (Fsp3) is 0.917. The topological polar surface area (TPSA) is 65.1 Å². The van der Waals surface area contributed by atoms with E-state index in [1.54, 1.807) is 0 Å². The third-order valence-corrected chi connectivity index (χ3v) is 10.5. The lowest BCUT2D eigenvalue weighted by molar-refractivity contribution is -0.271. The predicted molar refractivity (Wildman–Crippen MR) is 108 cm³/mol. The highest BCUT2D eigenvalue weighted by Crippen LogP contribution is 2.77. The molecule has 0 aromatic carbocycles. The van der Waals surface area contributed by atoms with Gasteiger partial charge >= 0.3 is 11.9 Å². The molecule has 3 saturated heterocycles. The van der Waals surface area contributed by atoms with E-state index in [4.69, 9.17) is 14.2 Å². The van der Waals surface area contributed by atoms with Gasteiger partial charge in [0, 0.05) is 38.0 Å². The zero-order chi connectivity index (χ0) is 21.1.